The van der Waals surface area contributed by atoms with Gasteiger partial charge in [-0.05, 0) is 117 Å². The summed E-state index contributed by atoms with van der Waals surface area (Å²) in [5.41, 5.74) is 0.799. The Labute approximate surface area is 198 Å². The van der Waals surface area contributed by atoms with Crippen molar-refractivity contribution in [1.29, 1.82) is 0 Å². The minimum atomic E-state index is -1.66. The molecular weight excluding hydrogens is 412 g/mol. The molecule has 0 radical (unpaired) electrons. The zero-order valence-electron chi connectivity index (χ0n) is 22.0. The third-order valence-electron chi connectivity index (χ3n) is 10.9. The third-order valence-corrected chi connectivity index (χ3v) is 11.9. The molecule has 4 aliphatic carbocycles. The average Bonchev–Trinajstić information content (AvgIpc) is 3.09. The highest BCUT2D eigenvalue weighted by molar-refractivity contribution is 6.69. The molecule has 0 aliphatic heterocycles. The lowest BCUT2D eigenvalue weighted by molar-refractivity contribution is -0.163. The number of hydrogen-bond acceptors (Lipinski definition) is 3. The highest BCUT2D eigenvalue weighted by atomic mass is 28.4. The maximum atomic E-state index is 11.9. The molecule has 0 aromatic carbocycles. The molecule has 0 saturated heterocycles. The van der Waals surface area contributed by atoms with Crippen molar-refractivity contribution in [3.05, 3.63) is 0 Å². The molecule has 0 aromatic heterocycles. The van der Waals surface area contributed by atoms with Crippen molar-refractivity contribution in [1.82, 2.24) is 0 Å². The first-order valence-electron chi connectivity index (χ1n) is 13.8. The molecule has 4 aliphatic rings. The lowest BCUT2D eigenvalue weighted by Crippen LogP contribution is -2.60. The van der Waals surface area contributed by atoms with E-state index in [1.165, 1.54) is 64.9 Å². The van der Waals surface area contributed by atoms with E-state index in [9.17, 15) is 4.79 Å². The Morgan fingerprint density at radius 2 is 1.78 bits per heavy atom. The summed E-state index contributed by atoms with van der Waals surface area (Å²) in [6.07, 6.45) is 14.6. The zero-order chi connectivity index (χ0) is 23.3. The molecule has 4 rings (SSSR count). The fourth-order valence-corrected chi connectivity index (χ4v) is 10.6. The summed E-state index contributed by atoms with van der Waals surface area (Å²) in [5.74, 6) is 4.65. The normalized spacial score (nSPS) is 44.8. The molecule has 3 nitrogen and oxygen atoms in total. The van der Waals surface area contributed by atoms with Gasteiger partial charge >= 0.3 is 5.97 Å². The highest BCUT2D eigenvalue weighted by Gasteiger charge is 2.64. The van der Waals surface area contributed by atoms with Gasteiger partial charge in [0, 0.05) is 6.42 Å². The molecule has 0 N–H and O–H groups in total. The molecule has 184 valence electrons. The first-order chi connectivity index (χ1) is 15.0. The summed E-state index contributed by atoms with van der Waals surface area (Å²) in [7, 11) is -0.141. The van der Waals surface area contributed by atoms with Gasteiger partial charge in [-0.25, -0.2) is 0 Å². The number of fused-ring (bicyclic) bond motifs is 5. The molecular formula is C28H50O3Si. The average molecular weight is 463 g/mol. The number of esters is 1. The van der Waals surface area contributed by atoms with E-state index in [4.69, 9.17) is 9.16 Å². The van der Waals surface area contributed by atoms with Crippen LogP contribution in [-0.4, -0.2) is 27.5 Å². The predicted octanol–water partition coefficient (Wildman–Crippen LogP) is 7.45. The van der Waals surface area contributed by atoms with Crippen molar-refractivity contribution < 1.29 is 14.0 Å². The molecule has 4 heteroatoms. The molecule has 0 amide bonds. The van der Waals surface area contributed by atoms with E-state index in [-0.39, 0.29) is 11.4 Å². The van der Waals surface area contributed by atoms with Crippen LogP contribution in [0, 0.1) is 46.3 Å². The van der Waals surface area contributed by atoms with Crippen LogP contribution in [0.4, 0.5) is 0 Å². The Morgan fingerprint density at radius 1 is 1.03 bits per heavy atom. The van der Waals surface area contributed by atoms with Gasteiger partial charge in [-0.15, -0.1) is 0 Å². The van der Waals surface area contributed by atoms with Crippen molar-refractivity contribution >= 4 is 14.3 Å². The quantitative estimate of drug-likeness (QED) is 0.303. The minimum absolute atomic E-state index is 0.0568. The van der Waals surface area contributed by atoms with Crippen LogP contribution in [0.3, 0.4) is 0 Å². The van der Waals surface area contributed by atoms with Gasteiger partial charge < -0.3 is 9.16 Å². The van der Waals surface area contributed by atoms with Crippen LogP contribution < -0.4 is 0 Å². The smallest absolute Gasteiger partial charge is 0.305 e. The van der Waals surface area contributed by atoms with Gasteiger partial charge in [0.1, 0.15) is 0 Å². The van der Waals surface area contributed by atoms with E-state index in [0.29, 0.717) is 29.8 Å². The topological polar surface area (TPSA) is 35.5 Å². The van der Waals surface area contributed by atoms with Gasteiger partial charge in [0.15, 0.2) is 8.32 Å². The zero-order valence-corrected chi connectivity index (χ0v) is 23.0. The maximum absolute atomic E-state index is 11.9. The molecule has 4 fully saturated rings. The second-order valence-corrected chi connectivity index (χ2v) is 18.0. The molecule has 9 atom stereocenters. The van der Waals surface area contributed by atoms with E-state index in [2.05, 4.69) is 40.4 Å². The number of carbonyl (C=O) groups is 1. The summed E-state index contributed by atoms with van der Waals surface area (Å²) < 4.78 is 12.1. The second-order valence-electron chi connectivity index (χ2n) is 13.5. The van der Waals surface area contributed by atoms with Crippen LogP contribution in [0.25, 0.3) is 0 Å². The standard InChI is InChI=1S/C28H50O3Si/c1-19(11-16-26(29)30-4)22-14-15-23-21-13-12-20-10-8-9-17-27(20,2)24(21)18-25(28(22,23)3)31-32(5,6)7/h19-25H,8-18H2,1-7H3/t19-,20-,21+,22-,23+,24+,25-,27+,28-/m1/s1. The van der Waals surface area contributed by atoms with Crippen LogP contribution in [0.1, 0.15) is 91.4 Å². The number of rotatable bonds is 6. The van der Waals surface area contributed by atoms with Gasteiger partial charge in [0.2, 0.25) is 0 Å². The highest BCUT2D eigenvalue weighted by Crippen LogP contribution is 2.69. The Balaban J connectivity index is 1.64. The van der Waals surface area contributed by atoms with Gasteiger partial charge in [-0.2, -0.15) is 0 Å². The summed E-state index contributed by atoms with van der Waals surface area (Å²) in [6, 6.07) is 0. The number of methoxy groups -OCH3 is 1. The molecule has 0 spiro atoms. The number of ether oxygens (including phenoxy) is 1. The van der Waals surface area contributed by atoms with Gasteiger partial charge in [-0.1, -0.05) is 33.6 Å². The van der Waals surface area contributed by atoms with E-state index >= 15 is 0 Å². The van der Waals surface area contributed by atoms with Crippen LogP contribution in [0.15, 0.2) is 0 Å². The monoisotopic (exact) mass is 462 g/mol. The number of hydrogen-bond donors (Lipinski definition) is 0. The molecule has 0 unspecified atom stereocenters. The predicted molar refractivity (Wildman–Crippen MR) is 134 cm³/mol. The van der Waals surface area contributed by atoms with Crippen LogP contribution in [0.2, 0.25) is 19.6 Å². The van der Waals surface area contributed by atoms with Crippen molar-refractivity contribution in [3.63, 3.8) is 0 Å². The van der Waals surface area contributed by atoms with Crippen molar-refractivity contribution in [2.24, 2.45) is 46.3 Å². The van der Waals surface area contributed by atoms with Gasteiger partial charge in [0.25, 0.3) is 0 Å². The van der Waals surface area contributed by atoms with Crippen LogP contribution in [0.5, 0.6) is 0 Å². The second kappa shape index (κ2) is 9.02. The first-order valence-corrected chi connectivity index (χ1v) is 17.2. The summed E-state index contributed by atoms with van der Waals surface area (Å²) in [6.45, 7) is 14.8. The van der Waals surface area contributed by atoms with Crippen molar-refractivity contribution in [3.8, 4) is 0 Å². The lowest BCUT2D eigenvalue weighted by atomic mass is 9.44. The SMILES string of the molecule is COC(=O)CC[C@@H](C)[C@H]1CC[C@H]2[C@@H]3CC[C@H]4CCCC[C@]4(C)[C@H]3C[C@@H](O[Si](C)(C)C)[C@]12C. The molecule has 0 heterocycles. The minimum Gasteiger partial charge on any atom is -0.469 e. The van der Waals surface area contributed by atoms with E-state index in [1.807, 2.05) is 0 Å². The van der Waals surface area contributed by atoms with E-state index in [1.54, 1.807) is 0 Å². The lowest BCUT2D eigenvalue weighted by Gasteiger charge is -2.63. The Kier molecular flexibility index (Phi) is 6.98. The summed E-state index contributed by atoms with van der Waals surface area (Å²) in [4.78, 5) is 11.9. The largest absolute Gasteiger partial charge is 0.469 e. The van der Waals surface area contributed by atoms with Gasteiger partial charge in [-0.3, -0.25) is 4.79 Å². The van der Waals surface area contributed by atoms with E-state index < -0.39 is 8.32 Å². The maximum Gasteiger partial charge on any atom is 0.305 e. The summed E-state index contributed by atoms with van der Waals surface area (Å²) in [5, 5.41) is 0. The Morgan fingerprint density at radius 3 is 2.47 bits per heavy atom. The fraction of sp³-hybridized carbons (Fsp3) is 0.964. The van der Waals surface area contributed by atoms with Crippen LogP contribution in [-0.2, 0) is 14.0 Å². The molecule has 0 aromatic rings. The van der Waals surface area contributed by atoms with Gasteiger partial charge in [0.05, 0.1) is 13.2 Å². The first kappa shape index (κ1) is 24.8. The fourth-order valence-electron chi connectivity index (χ4n) is 9.44. The Bertz CT molecular complexity index is 687. The van der Waals surface area contributed by atoms with Crippen molar-refractivity contribution in [2.45, 2.75) is 117 Å². The Hall–Kier alpha value is -0.353. The molecule has 0 bridgehead atoms. The molecule has 4 saturated carbocycles. The van der Waals surface area contributed by atoms with E-state index in [0.717, 1.165) is 30.1 Å². The third kappa shape index (κ3) is 4.25. The molecule has 32 heavy (non-hydrogen) atoms. The van der Waals surface area contributed by atoms with Crippen molar-refractivity contribution in [2.75, 3.05) is 7.11 Å². The summed E-state index contributed by atoms with van der Waals surface area (Å²) >= 11 is 0. The number of carbonyl (C=O) groups excluding carboxylic acids is 1. The van der Waals surface area contributed by atoms with Crippen LogP contribution >= 0.6 is 0 Å².